The van der Waals surface area contributed by atoms with E-state index in [-0.39, 0.29) is 18.1 Å². The topological polar surface area (TPSA) is 75.3 Å². The number of carbonyl (C=O) groups is 1. The van der Waals surface area contributed by atoms with E-state index in [9.17, 15) is 9.59 Å². The predicted molar refractivity (Wildman–Crippen MR) is 82.7 cm³/mol. The van der Waals surface area contributed by atoms with Gasteiger partial charge in [0.15, 0.2) is 0 Å². The van der Waals surface area contributed by atoms with Crippen LogP contribution in [0.5, 0.6) is 0 Å². The molecule has 7 heteroatoms. The summed E-state index contributed by atoms with van der Waals surface area (Å²) >= 11 is 1.51. The molecule has 2 aromatic heterocycles. The lowest BCUT2D eigenvalue weighted by Gasteiger charge is -2.14. The van der Waals surface area contributed by atoms with E-state index < -0.39 is 0 Å². The number of rotatable bonds is 5. The first-order chi connectivity index (χ1) is 9.92. The number of esters is 1. The third-order valence-corrected chi connectivity index (χ3v) is 4.31. The molecule has 2 heterocycles. The highest BCUT2D eigenvalue weighted by Crippen LogP contribution is 2.25. The molecule has 2 rings (SSSR count). The number of thiophene rings is 1. The monoisotopic (exact) mass is 309 g/mol. The molecule has 0 unspecified atom stereocenters. The van der Waals surface area contributed by atoms with Crippen LogP contribution in [-0.2, 0) is 16.1 Å². The van der Waals surface area contributed by atoms with Gasteiger partial charge in [-0.1, -0.05) is 0 Å². The molecule has 0 amide bonds. The number of ether oxygens (including phenoxy) is 1. The minimum Gasteiger partial charge on any atom is -0.465 e. The number of aromatic amines is 1. The molecule has 0 saturated heterocycles. The van der Waals surface area contributed by atoms with Gasteiger partial charge in [-0.25, -0.2) is 4.98 Å². The van der Waals surface area contributed by atoms with Crippen LogP contribution in [0.15, 0.2) is 4.79 Å². The largest absolute Gasteiger partial charge is 0.465 e. The van der Waals surface area contributed by atoms with Crippen molar-refractivity contribution in [1.29, 1.82) is 0 Å². The Kier molecular flexibility index (Phi) is 4.74. The van der Waals surface area contributed by atoms with Crippen molar-refractivity contribution in [3.8, 4) is 0 Å². The van der Waals surface area contributed by atoms with E-state index in [1.807, 2.05) is 13.8 Å². The van der Waals surface area contributed by atoms with E-state index in [2.05, 4.69) is 9.97 Å². The first kappa shape index (κ1) is 15.7. The Balaban J connectivity index is 2.20. The van der Waals surface area contributed by atoms with Gasteiger partial charge in [0.05, 0.1) is 25.1 Å². The van der Waals surface area contributed by atoms with Gasteiger partial charge < -0.3 is 9.72 Å². The van der Waals surface area contributed by atoms with Crippen LogP contribution in [0.4, 0.5) is 0 Å². The maximum Gasteiger partial charge on any atom is 0.320 e. The Morgan fingerprint density at radius 3 is 2.81 bits per heavy atom. The summed E-state index contributed by atoms with van der Waals surface area (Å²) in [6.45, 7) is 6.59. The molecule has 0 atom stereocenters. The van der Waals surface area contributed by atoms with Gasteiger partial charge in [0.25, 0.3) is 5.56 Å². The zero-order valence-electron chi connectivity index (χ0n) is 12.6. The SMILES string of the molecule is CCOC(=O)CN(C)Cc1nc2sc(C)c(C)c2c(=O)[nH]1. The van der Waals surface area contributed by atoms with Gasteiger partial charge in [0, 0.05) is 4.88 Å². The van der Waals surface area contributed by atoms with Crippen LogP contribution in [0.2, 0.25) is 0 Å². The fraction of sp³-hybridized carbons (Fsp3) is 0.500. The highest BCUT2D eigenvalue weighted by Gasteiger charge is 2.14. The summed E-state index contributed by atoms with van der Waals surface area (Å²) in [6, 6.07) is 0. The summed E-state index contributed by atoms with van der Waals surface area (Å²) in [5, 5.41) is 0.661. The van der Waals surface area contributed by atoms with E-state index in [4.69, 9.17) is 4.74 Å². The van der Waals surface area contributed by atoms with E-state index >= 15 is 0 Å². The summed E-state index contributed by atoms with van der Waals surface area (Å²) in [5.74, 6) is 0.270. The van der Waals surface area contributed by atoms with Gasteiger partial charge in [0.1, 0.15) is 10.7 Å². The standard InChI is InChI=1S/C14H19N3O3S/c1-5-20-11(18)7-17(4)6-10-15-13(19)12-8(2)9(3)21-14(12)16-10/h5-7H2,1-4H3,(H,15,16,19). The molecule has 2 aromatic rings. The minimum absolute atomic E-state index is 0.124. The highest BCUT2D eigenvalue weighted by molar-refractivity contribution is 7.18. The third kappa shape index (κ3) is 3.48. The van der Waals surface area contributed by atoms with E-state index in [1.165, 1.54) is 11.3 Å². The lowest BCUT2D eigenvalue weighted by atomic mass is 10.2. The van der Waals surface area contributed by atoms with Gasteiger partial charge in [0.2, 0.25) is 0 Å². The number of nitrogens with zero attached hydrogens (tertiary/aromatic N) is 2. The second-order valence-electron chi connectivity index (χ2n) is 4.95. The highest BCUT2D eigenvalue weighted by atomic mass is 32.1. The van der Waals surface area contributed by atoms with Gasteiger partial charge in [-0.15, -0.1) is 11.3 Å². The van der Waals surface area contributed by atoms with Crippen LogP contribution in [0.25, 0.3) is 10.2 Å². The zero-order chi connectivity index (χ0) is 15.6. The first-order valence-electron chi connectivity index (χ1n) is 6.75. The smallest absolute Gasteiger partial charge is 0.320 e. The molecule has 6 nitrogen and oxygen atoms in total. The van der Waals surface area contributed by atoms with Crippen LogP contribution in [-0.4, -0.2) is 41.0 Å². The molecule has 114 valence electrons. The quantitative estimate of drug-likeness (QED) is 0.849. The fourth-order valence-corrected chi connectivity index (χ4v) is 3.16. The summed E-state index contributed by atoms with van der Waals surface area (Å²) < 4.78 is 4.89. The van der Waals surface area contributed by atoms with Crippen LogP contribution in [0, 0.1) is 13.8 Å². The van der Waals surface area contributed by atoms with Gasteiger partial charge in [-0.05, 0) is 33.4 Å². The zero-order valence-corrected chi connectivity index (χ0v) is 13.5. The van der Waals surface area contributed by atoms with Crippen molar-refractivity contribution in [1.82, 2.24) is 14.9 Å². The summed E-state index contributed by atoms with van der Waals surface area (Å²) in [7, 11) is 1.78. The Hall–Kier alpha value is -1.73. The summed E-state index contributed by atoms with van der Waals surface area (Å²) in [6.07, 6.45) is 0. The molecule has 0 saturated carbocycles. The second-order valence-corrected chi connectivity index (χ2v) is 6.16. The number of fused-ring (bicyclic) bond motifs is 1. The average Bonchev–Trinajstić information content (AvgIpc) is 2.64. The number of carbonyl (C=O) groups excluding carboxylic acids is 1. The van der Waals surface area contributed by atoms with Crippen LogP contribution in [0.3, 0.4) is 0 Å². The van der Waals surface area contributed by atoms with E-state index in [0.717, 1.165) is 15.3 Å². The van der Waals surface area contributed by atoms with Gasteiger partial charge in [-0.3, -0.25) is 14.5 Å². The fourth-order valence-electron chi connectivity index (χ4n) is 2.11. The number of likely N-dealkylation sites (N-methyl/N-ethyl adjacent to an activating group) is 1. The predicted octanol–water partition coefficient (Wildman–Crippen LogP) is 1.60. The van der Waals surface area contributed by atoms with Crippen LogP contribution < -0.4 is 5.56 Å². The Morgan fingerprint density at radius 2 is 2.14 bits per heavy atom. The van der Waals surface area contributed by atoms with Crippen molar-refractivity contribution in [2.45, 2.75) is 27.3 Å². The number of aromatic nitrogens is 2. The lowest BCUT2D eigenvalue weighted by molar-refractivity contribution is -0.144. The molecule has 0 aliphatic carbocycles. The molecule has 21 heavy (non-hydrogen) atoms. The molecule has 0 aliphatic heterocycles. The van der Waals surface area contributed by atoms with Crippen LogP contribution >= 0.6 is 11.3 Å². The summed E-state index contributed by atoms with van der Waals surface area (Å²) in [5.41, 5.74) is 0.858. The third-order valence-electron chi connectivity index (χ3n) is 3.21. The lowest BCUT2D eigenvalue weighted by Crippen LogP contribution is -2.28. The molecule has 0 aliphatic rings. The second kappa shape index (κ2) is 6.36. The number of H-pyrrole nitrogens is 1. The molecule has 0 spiro atoms. The Morgan fingerprint density at radius 1 is 1.43 bits per heavy atom. The molecule has 1 N–H and O–H groups in total. The van der Waals surface area contributed by atoms with Crippen molar-refractivity contribution >= 4 is 27.5 Å². The van der Waals surface area contributed by atoms with Crippen molar-refractivity contribution in [3.63, 3.8) is 0 Å². The van der Waals surface area contributed by atoms with Crippen LogP contribution in [0.1, 0.15) is 23.2 Å². The molecule has 0 aromatic carbocycles. The minimum atomic E-state index is -0.286. The molecular formula is C14H19N3O3S. The molecule has 0 bridgehead atoms. The van der Waals surface area contributed by atoms with Crippen molar-refractivity contribution < 1.29 is 9.53 Å². The number of nitrogens with one attached hydrogen (secondary N) is 1. The number of hydrogen-bond acceptors (Lipinski definition) is 6. The molecular weight excluding hydrogens is 290 g/mol. The average molecular weight is 309 g/mol. The van der Waals surface area contributed by atoms with Gasteiger partial charge >= 0.3 is 5.97 Å². The van der Waals surface area contributed by atoms with Crippen molar-refractivity contribution in [3.05, 3.63) is 26.6 Å². The van der Waals surface area contributed by atoms with E-state index in [0.29, 0.717) is 24.4 Å². The van der Waals surface area contributed by atoms with Crippen molar-refractivity contribution in [2.24, 2.45) is 0 Å². The number of aryl methyl sites for hydroxylation is 2. The van der Waals surface area contributed by atoms with Gasteiger partial charge in [-0.2, -0.15) is 0 Å². The maximum atomic E-state index is 12.1. The molecule has 0 radical (unpaired) electrons. The molecule has 0 fully saturated rings. The summed E-state index contributed by atoms with van der Waals surface area (Å²) in [4.78, 5) is 34.4. The number of hydrogen-bond donors (Lipinski definition) is 1. The first-order valence-corrected chi connectivity index (χ1v) is 7.57. The maximum absolute atomic E-state index is 12.1. The Labute approximate surface area is 126 Å². The van der Waals surface area contributed by atoms with Crippen molar-refractivity contribution in [2.75, 3.05) is 20.2 Å². The normalized spacial score (nSPS) is 11.3. The Bertz CT molecular complexity index is 720. The van der Waals surface area contributed by atoms with E-state index in [1.54, 1.807) is 18.9 Å².